The zero-order valence-corrected chi connectivity index (χ0v) is 13.4. The van der Waals surface area contributed by atoms with E-state index in [-0.39, 0.29) is 17.2 Å². The second-order valence-corrected chi connectivity index (χ2v) is 6.76. The highest BCUT2D eigenvalue weighted by Crippen LogP contribution is 2.23. The molecule has 114 valence electrons. The summed E-state index contributed by atoms with van der Waals surface area (Å²) in [5, 5.41) is 3.03. The smallest absolute Gasteiger partial charge is 0.224 e. The fourth-order valence-electron chi connectivity index (χ4n) is 2.28. The Labute approximate surface area is 119 Å². The van der Waals surface area contributed by atoms with Crippen molar-refractivity contribution in [2.24, 2.45) is 17.1 Å². The highest BCUT2D eigenvalue weighted by molar-refractivity contribution is 5.78. The van der Waals surface area contributed by atoms with Crippen LogP contribution in [0.25, 0.3) is 0 Å². The van der Waals surface area contributed by atoms with Gasteiger partial charge in [-0.15, -0.1) is 0 Å². The molecule has 0 aromatic carbocycles. The van der Waals surface area contributed by atoms with E-state index in [1.54, 1.807) is 0 Å². The van der Waals surface area contributed by atoms with E-state index in [4.69, 9.17) is 5.73 Å². The number of hydrogen-bond donors (Lipinski definition) is 2. The van der Waals surface area contributed by atoms with Gasteiger partial charge in [-0.05, 0) is 18.3 Å². The highest BCUT2D eigenvalue weighted by atomic mass is 16.1. The van der Waals surface area contributed by atoms with E-state index in [0.29, 0.717) is 6.54 Å². The first-order valence-corrected chi connectivity index (χ1v) is 7.88. The summed E-state index contributed by atoms with van der Waals surface area (Å²) in [6.07, 6.45) is 8.36. The standard InChI is InChI=1S/C16H34N2O/c1-5-6-7-8-9-10-11-18-15(19)14(13-17)12-16(2,3)4/h14H,5-13,17H2,1-4H3,(H,18,19). The van der Waals surface area contributed by atoms with Gasteiger partial charge in [-0.3, -0.25) is 4.79 Å². The lowest BCUT2D eigenvalue weighted by molar-refractivity contribution is -0.125. The van der Waals surface area contributed by atoms with E-state index in [9.17, 15) is 4.79 Å². The Kier molecular flexibility index (Phi) is 9.94. The van der Waals surface area contributed by atoms with Gasteiger partial charge in [0.25, 0.3) is 0 Å². The maximum Gasteiger partial charge on any atom is 0.224 e. The molecule has 0 aromatic heterocycles. The summed E-state index contributed by atoms with van der Waals surface area (Å²) in [6, 6.07) is 0. The Morgan fingerprint density at radius 3 is 2.21 bits per heavy atom. The lowest BCUT2D eigenvalue weighted by Crippen LogP contribution is -2.37. The van der Waals surface area contributed by atoms with E-state index in [1.165, 1.54) is 32.1 Å². The summed E-state index contributed by atoms with van der Waals surface area (Å²) in [5.41, 5.74) is 5.86. The van der Waals surface area contributed by atoms with Gasteiger partial charge >= 0.3 is 0 Å². The quantitative estimate of drug-likeness (QED) is 0.597. The van der Waals surface area contributed by atoms with Gasteiger partial charge in [0.2, 0.25) is 5.91 Å². The molecular weight excluding hydrogens is 236 g/mol. The Hall–Kier alpha value is -0.570. The number of nitrogens with two attached hydrogens (primary N) is 1. The molecule has 0 spiro atoms. The Bertz CT molecular complexity index is 233. The number of amides is 1. The number of carbonyl (C=O) groups excluding carboxylic acids is 1. The van der Waals surface area contributed by atoms with E-state index in [2.05, 4.69) is 33.0 Å². The van der Waals surface area contributed by atoms with E-state index < -0.39 is 0 Å². The fraction of sp³-hybridized carbons (Fsp3) is 0.938. The molecule has 1 atom stereocenters. The van der Waals surface area contributed by atoms with Gasteiger partial charge in [0.1, 0.15) is 0 Å². The van der Waals surface area contributed by atoms with Gasteiger partial charge in [0, 0.05) is 13.1 Å². The molecule has 0 rings (SSSR count). The first-order valence-electron chi connectivity index (χ1n) is 7.88. The van der Waals surface area contributed by atoms with E-state index >= 15 is 0 Å². The zero-order valence-electron chi connectivity index (χ0n) is 13.4. The highest BCUT2D eigenvalue weighted by Gasteiger charge is 2.23. The summed E-state index contributed by atoms with van der Waals surface area (Å²) >= 11 is 0. The third-order valence-corrected chi connectivity index (χ3v) is 3.34. The third-order valence-electron chi connectivity index (χ3n) is 3.34. The minimum atomic E-state index is -0.0416. The fourth-order valence-corrected chi connectivity index (χ4v) is 2.28. The zero-order chi connectivity index (χ0) is 14.7. The summed E-state index contributed by atoms with van der Waals surface area (Å²) in [5.74, 6) is 0.0890. The monoisotopic (exact) mass is 270 g/mol. The first-order chi connectivity index (χ1) is 8.90. The average Bonchev–Trinajstić information content (AvgIpc) is 2.33. The molecule has 3 nitrogen and oxygen atoms in total. The molecule has 0 aromatic rings. The van der Waals surface area contributed by atoms with Gasteiger partial charge in [0.15, 0.2) is 0 Å². The van der Waals surface area contributed by atoms with Crippen LogP contribution in [0.1, 0.15) is 72.6 Å². The normalized spacial score (nSPS) is 13.3. The van der Waals surface area contributed by atoms with Crippen molar-refractivity contribution in [2.45, 2.75) is 72.6 Å². The number of carbonyl (C=O) groups is 1. The molecule has 0 saturated carbocycles. The topological polar surface area (TPSA) is 55.1 Å². The second-order valence-electron chi connectivity index (χ2n) is 6.76. The molecule has 1 amide bonds. The van der Waals surface area contributed by atoms with Crippen LogP contribution < -0.4 is 11.1 Å². The SMILES string of the molecule is CCCCCCCCNC(=O)C(CN)CC(C)(C)C. The summed E-state index contributed by atoms with van der Waals surface area (Å²) < 4.78 is 0. The molecule has 0 saturated heterocycles. The number of nitrogens with one attached hydrogen (secondary N) is 1. The molecule has 19 heavy (non-hydrogen) atoms. The van der Waals surface area contributed by atoms with Crippen LogP contribution in [-0.4, -0.2) is 19.0 Å². The van der Waals surface area contributed by atoms with Crippen molar-refractivity contribution in [3.8, 4) is 0 Å². The predicted molar refractivity (Wildman–Crippen MR) is 83.0 cm³/mol. The van der Waals surface area contributed by atoms with Gasteiger partial charge in [-0.1, -0.05) is 59.8 Å². The van der Waals surface area contributed by atoms with Crippen LogP contribution in [-0.2, 0) is 4.79 Å². The summed E-state index contributed by atoms with van der Waals surface area (Å²) in [7, 11) is 0. The van der Waals surface area contributed by atoms with Crippen molar-refractivity contribution in [3.63, 3.8) is 0 Å². The lowest BCUT2D eigenvalue weighted by Gasteiger charge is -2.24. The molecule has 0 aliphatic rings. The van der Waals surface area contributed by atoms with Crippen LogP contribution in [0.4, 0.5) is 0 Å². The first kappa shape index (κ1) is 18.4. The number of rotatable bonds is 10. The molecule has 0 fully saturated rings. The lowest BCUT2D eigenvalue weighted by atomic mass is 9.84. The van der Waals surface area contributed by atoms with Gasteiger partial charge in [0.05, 0.1) is 5.92 Å². The molecular formula is C16H34N2O. The van der Waals surface area contributed by atoms with Crippen LogP contribution in [0.5, 0.6) is 0 Å². The van der Waals surface area contributed by atoms with Gasteiger partial charge in [-0.2, -0.15) is 0 Å². The largest absolute Gasteiger partial charge is 0.356 e. The Balaban J connectivity index is 3.71. The van der Waals surface area contributed by atoms with Gasteiger partial charge < -0.3 is 11.1 Å². The molecule has 3 N–H and O–H groups in total. The van der Waals surface area contributed by atoms with Crippen molar-refractivity contribution >= 4 is 5.91 Å². The van der Waals surface area contributed by atoms with E-state index in [1.807, 2.05) is 0 Å². The van der Waals surface area contributed by atoms with Crippen molar-refractivity contribution in [1.82, 2.24) is 5.32 Å². The van der Waals surface area contributed by atoms with Crippen LogP contribution in [0.15, 0.2) is 0 Å². The number of unbranched alkanes of at least 4 members (excludes halogenated alkanes) is 5. The Morgan fingerprint density at radius 2 is 1.68 bits per heavy atom. The van der Waals surface area contributed by atoms with Crippen LogP contribution >= 0.6 is 0 Å². The Morgan fingerprint density at radius 1 is 1.11 bits per heavy atom. The molecule has 0 radical (unpaired) electrons. The molecule has 3 heteroatoms. The minimum absolute atomic E-state index is 0.0416. The molecule has 0 heterocycles. The van der Waals surface area contributed by atoms with Crippen molar-refractivity contribution in [1.29, 1.82) is 0 Å². The molecule has 0 aliphatic heterocycles. The average molecular weight is 270 g/mol. The van der Waals surface area contributed by atoms with Crippen LogP contribution in [0.2, 0.25) is 0 Å². The summed E-state index contributed by atoms with van der Waals surface area (Å²) in [6.45, 7) is 9.91. The van der Waals surface area contributed by atoms with Crippen molar-refractivity contribution in [3.05, 3.63) is 0 Å². The minimum Gasteiger partial charge on any atom is -0.356 e. The molecule has 0 aliphatic carbocycles. The van der Waals surface area contributed by atoms with Crippen LogP contribution in [0.3, 0.4) is 0 Å². The number of hydrogen-bond acceptors (Lipinski definition) is 2. The maximum atomic E-state index is 12.0. The molecule has 1 unspecified atom stereocenters. The van der Waals surface area contributed by atoms with Crippen LogP contribution in [0, 0.1) is 11.3 Å². The van der Waals surface area contributed by atoms with Crippen molar-refractivity contribution < 1.29 is 4.79 Å². The summed E-state index contributed by atoms with van der Waals surface area (Å²) in [4.78, 5) is 12.0. The van der Waals surface area contributed by atoms with Crippen molar-refractivity contribution in [2.75, 3.05) is 13.1 Å². The predicted octanol–water partition coefficient (Wildman–Crippen LogP) is 3.47. The second kappa shape index (κ2) is 10.2. The van der Waals surface area contributed by atoms with E-state index in [0.717, 1.165) is 19.4 Å². The third kappa shape index (κ3) is 11.0. The molecule has 0 bridgehead atoms. The van der Waals surface area contributed by atoms with Gasteiger partial charge in [-0.25, -0.2) is 0 Å². The maximum absolute atomic E-state index is 12.0.